The van der Waals surface area contributed by atoms with Gasteiger partial charge in [0.05, 0.1) is 6.04 Å². The Morgan fingerprint density at radius 1 is 1.18 bits per heavy atom. The Morgan fingerprint density at radius 2 is 1.93 bits per heavy atom. The Balaban J connectivity index is 1.48. The molecular formula is C22H23NO5. The third-order valence-corrected chi connectivity index (χ3v) is 4.74. The molecular weight excluding hydrogens is 358 g/mol. The predicted molar refractivity (Wildman–Crippen MR) is 103 cm³/mol. The van der Waals surface area contributed by atoms with Crippen LogP contribution in [-0.2, 0) is 20.7 Å². The molecule has 0 bridgehead atoms. The van der Waals surface area contributed by atoms with Crippen molar-refractivity contribution in [2.45, 2.75) is 38.3 Å². The molecule has 0 radical (unpaired) electrons. The molecule has 2 aromatic rings. The Bertz CT molecular complexity index is 846. The maximum absolute atomic E-state index is 12.4. The molecule has 6 nitrogen and oxygen atoms in total. The molecule has 146 valence electrons. The lowest BCUT2D eigenvalue weighted by molar-refractivity contribution is -0.156. The monoisotopic (exact) mass is 381 g/mol. The van der Waals surface area contributed by atoms with Crippen LogP contribution >= 0.6 is 0 Å². The molecule has 0 aliphatic heterocycles. The molecule has 0 saturated carbocycles. The first kappa shape index (κ1) is 19.6. The van der Waals surface area contributed by atoms with Gasteiger partial charge in [-0.15, -0.1) is 0 Å². The molecule has 6 heteroatoms. The van der Waals surface area contributed by atoms with Crippen LogP contribution in [-0.4, -0.2) is 30.9 Å². The summed E-state index contributed by atoms with van der Waals surface area (Å²) in [4.78, 5) is 35.0. The number of hydrogen-bond acceptors (Lipinski definition) is 5. The van der Waals surface area contributed by atoms with E-state index in [0.717, 1.165) is 31.1 Å². The van der Waals surface area contributed by atoms with Gasteiger partial charge in [0.2, 0.25) is 0 Å². The van der Waals surface area contributed by atoms with Crippen LogP contribution in [0.2, 0.25) is 0 Å². The van der Waals surface area contributed by atoms with Crippen molar-refractivity contribution < 1.29 is 23.9 Å². The van der Waals surface area contributed by atoms with E-state index in [1.165, 1.54) is 5.56 Å². The highest BCUT2D eigenvalue weighted by Crippen LogP contribution is 2.29. The topological polar surface area (TPSA) is 81.7 Å². The lowest BCUT2D eigenvalue weighted by atomic mass is 9.87. The summed E-state index contributed by atoms with van der Waals surface area (Å²) in [5, 5.41) is 2.98. The summed E-state index contributed by atoms with van der Waals surface area (Å²) in [5.74, 6) is -0.519. The Labute approximate surface area is 163 Å². The van der Waals surface area contributed by atoms with Crippen molar-refractivity contribution in [1.82, 2.24) is 5.32 Å². The lowest BCUT2D eigenvalue weighted by Crippen LogP contribution is -2.39. The number of rotatable bonds is 7. The molecule has 1 aliphatic carbocycles. The minimum absolute atomic E-state index is 0.0637. The molecule has 1 N–H and O–H groups in total. The van der Waals surface area contributed by atoms with Gasteiger partial charge >= 0.3 is 5.97 Å². The number of esters is 1. The fourth-order valence-corrected chi connectivity index (χ4v) is 3.26. The average molecular weight is 381 g/mol. The average Bonchev–Trinajstić information content (AvgIpc) is 2.73. The summed E-state index contributed by atoms with van der Waals surface area (Å²) in [6.07, 6.45) is 2.69. The van der Waals surface area contributed by atoms with Crippen LogP contribution in [0.5, 0.6) is 5.75 Å². The third kappa shape index (κ3) is 4.97. The molecule has 0 fully saturated rings. The van der Waals surface area contributed by atoms with Crippen LogP contribution < -0.4 is 10.1 Å². The molecule has 1 aliphatic rings. The maximum atomic E-state index is 12.4. The van der Waals surface area contributed by atoms with E-state index in [0.29, 0.717) is 11.3 Å². The Hall–Kier alpha value is -3.15. The quantitative estimate of drug-likeness (QED) is 0.589. The summed E-state index contributed by atoms with van der Waals surface area (Å²) in [7, 11) is 0. The zero-order chi connectivity index (χ0) is 19.9. The van der Waals surface area contributed by atoms with Crippen molar-refractivity contribution in [3.05, 3.63) is 65.2 Å². The number of carbonyl (C=O) groups excluding carboxylic acids is 3. The highest BCUT2D eigenvalue weighted by atomic mass is 16.6. The van der Waals surface area contributed by atoms with Crippen molar-refractivity contribution in [2.24, 2.45) is 0 Å². The van der Waals surface area contributed by atoms with E-state index in [1.54, 1.807) is 31.2 Å². The van der Waals surface area contributed by atoms with Crippen molar-refractivity contribution in [3.63, 3.8) is 0 Å². The minimum atomic E-state index is -0.914. The van der Waals surface area contributed by atoms with Gasteiger partial charge in [0.15, 0.2) is 12.7 Å². The number of carbonyl (C=O) groups is 3. The van der Waals surface area contributed by atoms with Crippen molar-refractivity contribution in [3.8, 4) is 5.75 Å². The first-order chi connectivity index (χ1) is 13.6. The van der Waals surface area contributed by atoms with Gasteiger partial charge in [-0.25, -0.2) is 4.79 Å². The van der Waals surface area contributed by atoms with Crippen LogP contribution in [0.3, 0.4) is 0 Å². The van der Waals surface area contributed by atoms with E-state index >= 15 is 0 Å². The Morgan fingerprint density at radius 3 is 2.68 bits per heavy atom. The summed E-state index contributed by atoms with van der Waals surface area (Å²) in [6, 6.07) is 14.4. The highest BCUT2D eigenvalue weighted by Gasteiger charge is 2.25. The first-order valence-electron chi connectivity index (χ1n) is 9.32. The van der Waals surface area contributed by atoms with Gasteiger partial charge in [0.25, 0.3) is 5.91 Å². The van der Waals surface area contributed by atoms with Crippen LogP contribution in [0.1, 0.15) is 47.3 Å². The third-order valence-electron chi connectivity index (χ3n) is 4.74. The van der Waals surface area contributed by atoms with Crippen LogP contribution in [0.4, 0.5) is 0 Å². The van der Waals surface area contributed by atoms with Crippen molar-refractivity contribution in [2.75, 3.05) is 6.61 Å². The molecule has 28 heavy (non-hydrogen) atoms. The number of aldehydes is 1. The zero-order valence-electron chi connectivity index (χ0n) is 15.7. The van der Waals surface area contributed by atoms with E-state index in [-0.39, 0.29) is 18.6 Å². The van der Waals surface area contributed by atoms with Gasteiger partial charge in [0.1, 0.15) is 12.0 Å². The largest absolute Gasteiger partial charge is 0.482 e. The van der Waals surface area contributed by atoms with E-state index in [2.05, 4.69) is 11.4 Å². The summed E-state index contributed by atoms with van der Waals surface area (Å²) >= 11 is 0. The second-order valence-corrected chi connectivity index (χ2v) is 6.76. The fourth-order valence-electron chi connectivity index (χ4n) is 3.26. The molecule has 0 unspecified atom stereocenters. The maximum Gasteiger partial charge on any atom is 0.344 e. The van der Waals surface area contributed by atoms with Gasteiger partial charge in [0, 0.05) is 5.56 Å². The van der Waals surface area contributed by atoms with Gasteiger partial charge in [-0.3, -0.25) is 9.59 Å². The molecule has 3 rings (SSSR count). The molecule has 0 heterocycles. The zero-order valence-corrected chi connectivity index (χ0v) is 15.7. The summed E-state index contributed by atoms with van der Waals surface area (Å²) < 4.78 is 10.5. The van der Waals surface area contributed by atoms with E-state index < -0.39 is 12.1 Å². The highest BCUT2D eigenvalue weighted by molar-refractivity contribution is 5.84. The van der Waals surface area contributed by atoms with Crippen LogP contribution in [0.25, 0.3) is 0 Å². The van der Waals surface area contributed by atoms with E-state index in [4.69, 9.17) is 9.47 Å². The first-order valence-corrected chi connectivity index (χ1v) is 9.32. The lowest BCUT2D eigenvalue weighted by Gasteiger charge is -2.27. The second kappa shape index (κ2) is 9.17. The number of nitrogens with one attached hydrogen (secondary N) is 1. The van der Waals surface area contributed by atoms with Crippen LogP contribution in [0.15, 0.2) is 48.5 Å². The summed E-state index contributed by atoms with van der Waals surface area (Å²) in [5.41, 5.74) is 2.89. The smallest absolute Gasteiger partial charge is 0.344 e. The number of aryl methyl sites for hydroxylation is 1. The van der Waals surface area contributed by atoms with Gasteiger partial charge in [-0.2, -0.15) is 0 Å². The molecule has 2 aromatic carbocycles. The Kier molecular flexibility index (Phi) is 6.42. The molecule has 1 amide bonds. The SMILES string of the molecule is C[C@@H](OC(=O)COc1ccc(C=O)cc1)C(=O)N[C@H]1CCCc2ccccc21. The standard InChI is InChI=1S/C22H23NO5/c1-15(28-21(25)14-27-18-11-9-16(13-24)10-12-18)22(26)23-20-8-4-6-17-5-2-3-7-19(17)20/h2-3,5,7,9-13,15,20H,4,6,8,14H2,1H3,(H,23,26)/t15-,20+/m1/s1. The minimum Gasteiger partial charge on any atom is -0.482 e. The van der Waals surface area contributed by atoms with Crippen molar-refractivity contribution >= 4 is 18.2 Å². The predicted octanol–water partition coefficient (Wildman–Crippen LogP) is 3.00. The number of fused-ring (bicyclic) bond motifs is 1. The summed E-state index contributed by atoms with van der Waals surface area (Å²) in [6.45, 7) is 1.23. The van der Waals surface area contributed by atoms with Gasteiger partial charge < -0.3 is 14.8 Å². The number of hydrogen-bond donors (Lipinski definition) is 1. The van der Waals surface area contributed by atoms with E-state index in [1.807, 2.05) is 18.2 Å². The van der Waals surface area contributed by atoms with Gasteiger partial charge in [-0.05, 0) is 61.6 Å². The second-order valence-electron chi connectivity index (χ2n) is 6.76. The molecule has 0 aromatic heterocycles. The molecule has 0 saturated heterocycles. The van der Waals surface area contributed by atoms with Crippen LogP contribution in [0, 0.1) is 0 Å². The van der Waals surface area contributed by atoms with Crippen molar-refractivity contribution in [1.29, 1.82) is 0 Å². The molecule has 2 atom stereocenters. The van der Waals surface area contributed by atoms with E-state index in [9.17, 15) is 14.4 Å². The number of amides is 1. The number of benzene rings is 2. The normalized spacial score (nSPS) is 16.4. The fraction of sp³-hybridized carbons (Fsp3) is 0.318. The number of ether oxygens (including phenoxy) is 2. The van der Waals surface area contributed by atoms with Gasteiger partial charge in [-0.1, -0.05) is 24.3 Å². The molecule has 0 spiro atoms.